The SMILES string of the molecule is COc1cn(C(C[C@H]2CCCO2)C(=O)Cc2ccc(C(=O)O)cc2)c(=O)cc1-c1cc(Cl)ccc1C#N. The predicted molar refractivity (Wildman–Crippen MR) is 137 cm³/mol. The molecule has 1 unspecified atom stereocenters. The third kappa shape index (κ3) is 5.91. The lowest BCUT2D eigenvalue weighted by Crippen LogP contribution is -2.33. The zero-order valence-electron chi connectivity index (χ0n) is 20.1. The lowest BCUT2D eigenvalue weighted by molar-refractivity contribution is -0.122. The topological polar surface area (TPSA) is 119 Å². The standard InChI is InChI=1S/C28H25ClN2O6/c1-36-26-16-31(27(33)14-23(26)22-12-20(29)9-8-19(22)15-30)24(13-21-3-2-10-37-21)25(32)11-17-4-6-18(7-5-17)28(34)35/h4-9,12,14,16,21,24H,2-3,10-11,13H2,1H3,(H,34,35)/t21-,24?/m1/s1. The molecule has 0 amide bonds. The molecule has 0 spiro atoms. The van der Waals surface area contributed by atoms with E-state index in [1.807, 2.05) is 0 Å². The van der Waals surface area contributed by atoms with Gasteiger partial charge in [-0.15, -0.1) is 0 Å². The second kappa shape index (κ2) is 11.4. The molecule has 1 aliphatic heterocycles. The van der Waals surface area contributed by atoms with E-state index in [9.17, 15) is 19.6 Å². The van der Waals surface area contributed by atoms with Crippen LogP contribution in [0.3, 0.4) is 0 Å². The van der Waals surface area contributed by atoms with Crippen molar-refractivity contribution in [3.05, 3.63) is 86.8 Å². The van der Waals surface area contributed by atoms with E-state index in [1.54, 1.807) is 30.3 Å². The number of carbonyl (C=O) groups excluding carboxylic acids is 1. The summed E-state index contributed by atoms with van der Waals surface area (Å²) in [6, 6.07) is 13.5. The van der Waals surface area contributed by atoms with Gasteiger partial charge in [-0.25, -0.2) is 4.79 Å². The van der Waals surface area contributed by atoms with Crippen LogP contribution >= 0.6 is 11.6 Å². The predicted octanol–water partition coefficient (Wildman–Crippen LogP) is 4.67. The summed E-state index contributed by atoms with van der Waals surface area (Å²) >= 11 is 6.16. The number of hydrogen-bond donors (Lipinski definition) is 1. The van der Waals surface area contributed by atoms with E-state index in [-0.39, 0.29) is 23.9 Å². The Morgan fingerprint density at radius 3 is 2.59 bits per heavy atom. The number of aromatic nitrogens is 1. The number of carboxylic acid groups (broad SMARTS) is 1. The minimum Gasteiger partial charge on any atom is -0.495 e. The highest BCUT2D eigenvalue weighted by Gasteiger charge is 2.29. The van der Waals surface area contributed by atoms with Gasteiger partial charge in [0.2, 0.25) is 0 Å². The molecular weight excluding hydrogens is 496 g/mol. The number of Topliss-reactive ketones (excluding diaryl/α,β-unsaturated/α-hetero) is 1. The molecule has 0 bridgehead atoms. The van der Waals surface area contributed by atoms with Crippen molar-refractivity contribution in [2.24, 2.45) is 0 Å². The van der Waals surface area contributed by atoms with Crippen LogP contribution in [0.15, 0.2) is 59.5 Å². The molecule has 1 fully saturated rings. The van der Waals surface area contributed by atoms with Crippen molar-refractivity contribution in [2.45, 2.75) is 37.8 Å². The highest BCUT2D eigenvalue weighted by Crippen LogP contribution is 2.34. The zero-order valence-corrected chi connectivity index (χ0v) is 20.9. The summed E-state index contributed by atoms with van der Waals surface area (Å²) in [6.45, 7) is 0.602. The van der Waals surface area contributed by atoms with Gasteiger partial charge in [-0.05, 0) is 48.7 Å². The molecule has 2 atom stereocenters. The summed E-state index contributed by atoms with van der Waals surface area (Å²) in [7, 11) is 1.45. The summed E-state index contributed by atoms with van der Waals surface area (Å²) in [5.74, 6) is -0.947. The first-order chi connectivity index (χ1) is 17.8. The Hall–Kier alpha value is -3.93. The van der Waals surface area contributed by atoms with Crippen molar-refractivity contribution in [2.75, 3.05) is 13.7 Å². The number of ketones is 1. The molecule has 1 aromatic heterocycles. The number of ether oxygens (including phenoxy) is 2. The van der Waals surface area contributed by atoms with Crippen LogP contribution in [-0.2, 0) is 16.0 Å². The maximum atomic E-state index is 13.5. The first-order valence-corrected chi connectivity index (χ1v) is 12.1. The molecule has 1 saturated heterocycles. The number of halogens is 1. The highest BCUT2D eigenvalue weighted by atomic mass is 35.5. The van der Waals surface area contributed by atoms with E-state index in [1.165, 1.54) is 36.1 Å². The molecule has 0 radical (unpaired) electrons. The summed E-state index contributed by atoms with van der Waals surface area (Å²) < 4.78 is 12.7. The minimum atomic E-state index is -1.05. The number of benzene rings is 2. The van der Waals surface area contributed by atoms with Crippen LogP contribution < -0.4 is 10.3 Å². The van der Waals surface area contributed by atoms with Crippen LogP contribution in [0.4, 0.5) is 0 Å². The molecule has 0 aliphatic carbocycles. The molecule has 8 nitrogen and oxygen atoms in total. The average Bonchev–Trinajstić information content (AvgIpc) is 3.41. The van der Waals surface area contributed by atoms with Crippen molar-refractivity contribution < 1.29 is 24.2 Å². The fraction of sp³-hybridized carbons (Fsp3) is 0.286. The normalized spacial score (nSPS) is 15.6. The van der Waals surface area contributed by atoms with Gasteiger partial charge in [-0.1, -0.05) is 23.7 Å². The van der Waals surface area contributed by atoms with E-state index in [0.29, 0.717) is 46.1 Å². The first kappa shape index (κ1) is 26.1. The highest BCUT2D eigenvalue weighted by molar-refractivity contribution is 6.31. The Kier molecular flexibility index (Phi) is 8.07. The minimum absolute atomic E-state index is 0.0145. The van der Waals surface area contributed by atoms with Gasteiger partial charge in [0.05, 0.1) is 42.6 Å². The lowest BCUT2D eigenvalue weighted by Gasteiger charge is -2.23. The molecule has 190 valence electrons. The Balaban J connectivity index is 1.73. The van der Waals surface area contributed by atoms with E-state index in [0.717, 1.165) is 12.8 Å². The third-order valence-electron chi connectivity index (χ3n) is 6.45. The molecule has 1 aliphatic rings. The van der Waals surface area contributed by atoms with Crippen molar-refractivity contribution in [3.8, 4) is 22.9 Å². The molecule has 3 aromatic rings. The molecule has 1 N–H and O–H groups in total. The van der Waals surface area contributed by atoms with Crippen LogP contribution in [0.5, 0.6) is 5.75 Å². The number of hydrogen-bond acceptors (Lipinski definition) is 6. The maximum absolute atomic E-state index is 13.5. The van der Waals surface area contributed by atoms with E-state index < -0.39 is 17.6 Å². The molecule has 37 heavy (non-hydrogen) atoms. The number of methoxy groups -OCH3 is 1. The number of nitriles is 1. The quantitative estimate of drug-likeness (QED) is 0.435. The molecular formula is C28H25ClN2O6. The van der Waals surface area contributed by atoms with E-state index >= 15 is 0 Å². The van der Waals surface area contributed by atoms with Crippen LogP contribution in [-0.4, -0.2) is 41.2 Å². The van der Waals surface area contributed by atoms with Gasteiger partial charge in [0.1, 0.15) is 5.75 Å². The smallest absolute Gasteiger partial charge is 0.335 e. The summed E-state index contributed by atoms with van der Waals surface area (Å²) in [6.07, 6.45) is 3.32. The monoisotopic (exact) mass is 520 g/mol. The number of pyridine rings is 1. The Bertz CT molecular complexity index is 1420. The Morgan fingerprint density at radius 2 is 1.97 bits per heavy atom. The molecule has 2 aromatic carbocycles. The molecule has 0 saturated carbocycles. The van der Waals surface area contributed by atoms with Crippen LogP contribution in [0.25, 0.3) is 11.1 Å². The third-order valence-corrected chi connectivity index (χ3v) is 6.69. The number of carboxylic acids is 1. The summed E-state index contributed by atoms with van der Waals surface area (Å²) in [4.78, 5) is 38.1. The maximum Gasteiger partial charge on any atom is 0.335 e. The van der Waals surface area contributed by atoms with Gasteiger partial charge in [0.25, 0.3) is 5.56 Å². The van der Waals surface area contributed by atoms with Crippen LogP contribution in [0.2, 0.25) is 5.02 Å². The molecule has 2 heterocycles. The van der Waals surface area contributed by atoms with E-state index in [4.69, 9.17) is 26.2 Å². The van der Waals surface area contributed by atoms with Gasteiger partial charge < -0.3 is 19.1 Å². The van der Waals surface area contributed by atoms with Crippen molar-refractivity contribution >= 4 is 23.4 Å². The van der Waals surface area contributed by atoms with Crippen molar-refractivity contribution in [1.82, 2.24) is 4.57 Å². The average molecular weight is 521 g/mol. The molecule has 4 rings (SSSR count). The summed E-state index contributed by atoms with van der Waals surface area (Å²) in [5, 5.41) is 19.1. The van der Waals surface area contributed by atoms with E-state index in [2.05, 4.69) is 6.07 Å². The van der Waals surface area contributed by atoms with Gasteiger partial charge in [0.15, 0.2) is 5.78 Å². The zero-order chi connectivity index (χ0) is 26.5. The van der Waals surface area contributed by atoms with Crippen molar-refractivity contribution in [1.29, 1.82) is 5.26 Å². The number of rotatable bonds is 9. The van der Waals surface area contributed by atoms with Crippen LogP contribution in [0, 0.1) is 11.3 Å². The second-order valence-corrected chi connectivity index (χ2v) is 9.27. The fourth-order valence-electron chi connectivity index (χ4n) is 4.55. The van der Waals surface area contributed by atoms with Crippen molar-refractivity contribution in [3.63, 3.8) is 0 Å². The van der Waals surface area contributed by atoms with Gasteiger partial charge in [0, 0.05) is 41.7 Å². The summed E-state index contributed by atoms with van der Waals surface area (Å²) in [5.41, 5.74) is 1.52. The largest absolute Gasteiger partial charge is 0.495 e. The fourth-order valence-corrected chi connectivity index (χ4v) is 4.72. The Morgan fingerprint density at radius 1 is 1.22 bits per heavy atom. The van der Waals surface area contributed by atoms with Gasteiger partial charge >= 0.3 is 5.97 Å². The van der Waals surface area contributed by atoms with Gasteiger partial charge in [-0.3, -0.25) is 9.59 Å². The Labute approximate surface area is 218 Å². The van der Waals surface area contributed by atoms with Gasteiger partial charge in [-0.2, -0.15) is 5.26 Å². The number of aromatic carboxylic acids is 1. The van der Waals surface area contributed by atoms with Crippen LogP contribution in [0.1, 0.15) is 46.8 Å². The first-order valence-electron chi connectivity index (χ1n) is 11.8. The number of nitrogens with zero attached hydrogens (tertiary/aromatic N) is 2. The second-order valence-electron chi connectivity index (χ2n) is 8.83. The lowest BCUT2D eigenvalue weighted by atomic mass is 9.96. The number of carbonyl (C=O) groups is 2. The molecule has 9 heteroatoms.